The van der Waals surface area contributed by atoms with Crippen LogP contribution in [0.1, 0.15) is 0 Å². The van der Waals surface area contributed by atoms with Gasteiger partial charge in [-0.15, -0.1) is 4.39 Å². The topological polar surface area (TPSA) is 44.3 Å². The van der Waals surface area contributed by atoms with E-state index in [1.165, 1.54) is 13.2 Å². The molecule has 1 aromatic heterocycles. The van der Waals surface area contributed by atoms with E-state index in [0.29, 0.717) is 0 Å². The summed E-state index contributed by atoms with van der Waals surface area (Å²) in [6.45, 7) is 0. The number of rotatable bonds is 1. The Bertz CT molecular complexity index is 306. The van der Waals surface area contributed by atoms with Crippen LogP contribution in [-0.2, 0) is 7.05 Å². The van der Waals surface area contributed by atoms with Gasteiger partial charge in [0.05, 0.1) is 0 Å². The highest BCUT2D eigenvalue weighted by molar-refractivity contribution is 6.58. The quantitative estimate of drug-likeness (QED) is 0.308. The van der Waals surface area contributed by atoms with Crippen LogP contribution in [0.2, 0.25) is 0 Å². The Labute approximate surface area is 68.0 Å². The van der Waals surface area contributed by atoms with E-state index in [4.69, 9.17) is 10.0 Å². The summed E-state index contributed by atoms with van der Waals surface area (Å²) in [5, 5.41) is 17.1. The van der Waals surface area contributed by atoms with Crippen LogP contribution in [0.25, 0.3) is 0 Å². The first-order valence-corrected chi connectivity index (χ1v) is 3.23. The fourth-order valence-corrected chi connectivity index (χ4v) is 0.804. The van der Waals surface area contributed by atoms with Crippen LogP contribution in [0.5, 0.6) is 0 Å². The van der Waals surface area contributed by atoms with Crippen LogP contribution >= 0.6 is 0 Å². The van der Waals surface area contributed by atoms with Gasteiger partial charge in [0.15, 0.2) is 6.20 Å². The molecule has 6 heteroatoms. The molecule has 64 valence electrons. The number of aryl methyl sites for hydroxylation is 1. The smallest absolute Gasteiger partial charge is 0.423 e. The SMILES string of the molecule is C[n+]1ccc(B(O)O)c(F)c1F. The number of nitrogens with zero attached hydrogens (tertiary/aromatic N) is 1. The molecular formula is C6H7BF2NO2+. The summed E-state index contributed by atoms with van der Waals surface area (Å²) in [6.07, 6.45) is 1.20. The van der Waals surface area contributed by atoms with Gasteiger partial charge in [-0.25, -0.2) is 0 Å². The third-order valence-electron chi connectivity index (χ3n) is 1.50. The number of aromatic nitrogens is 1. The monoisotopic (exact) mass is 174 g/mol. The lowest BCUT2D eigenvalue weighted by molar-refractivity contribution is -0.701. The third kappa shape index (κ3) is 1.44. The van der Waals surface area contributed by atoms with Crippen molar-refractivity contribution in [2.75, 3.05) is 0 Å². The second kappa shape index (κ2) is 3.16. The Morgan fingerprint density at radius 1 is 1.42 bits per heavy atom. The fourth-order valence-electron chi connectivity index (χ4n) is 0.804. The highest BCUT2D eigenvalue weighted by atomic mass is 19.2. The lowest BCUT2D eigenvalue weighted by Gasteiger charge is -1.99. The molecule has 0 fully saturated rings. The van der Waals surface area contributed by atoms with Crippen molar-refractivity contribution in [3.05, 3.63) is 24.0 Å². The van der Waals surface area contributed by atoms with Gasteiger partial charge in [0.1, 0.15) is 7.05 Å². The van der Waals surface area contributed by atoms with Crippen molar-refractivity contribution in [1.82, 2.24) is 0 Å². The van der Waals surface area contributed by atoms with E-state index in [2.05, 4.69) is 0 Å². The van der Waals surface area contributed by atoms with Crippen LogP contribution in [0.3, 0.4) is 0 Å². The van der Waals surface area contributed by atoms with Gasteiger partial charge in [0.25, 0.3) is 0 Å². The minimum absolute atomic E-state index is 0.467. The molecule has 12 heavy (non-hydrogen) atoms. The van der Waals surface area contributed by atoms with E-state index in [1.807, 2.05) is 0 Å². The number of pyridine rings is 1. The van der Waals surface area contributed by atoms with Crippen LogP contribution < -0.4 is 10.0 Å². The van der Waals surface area contributed by atoms with Crippen LogP contribution in [-0.4, -0.2) is 17.2 Å². The van der Waals surface area contributed by atoms with E-state index in [1.54, 1.807) is 0 Å². The predicted molar refractivity (Wildman–Crippen MR) is 37.4 cm³/mol. The maximum Gasteiger partial charge on any atom is 0.492 e. The minimum atomic E-state index is -1.99. The number of hydrogen-bond acceptors (Lipinski definition) is 2. The minimum Gasteiger partial charge on any atom is -0.423 e. The largest absolute Gasteiger partial charge is 0.492 e. The van der Waals surface area contributed by atoms with E-state index < -0.39 is 24.3 Å². The van der Waals surface area contributed by atoms with Gasteiger partial charge in [-0.05, 0) is 0 Å². The molecule has 0 saturated carbocycles. The molecule has 2 N–H and O–H groups in total. The summed E-state index contributed by atoms with van der Waals surface area (Å²) >= 11 is 0. The number of hydrogen-bond donors (Lipinski definition) is 2. The van der Waals surface area contributed by atoms with Gasteiger partial charge in [-0.1, -0.05) is 0 Å². The molecular weight excluding hydrogens is 167 g/mol. The van der Waals surface area contributed by atoms with Crippen molar-refractivity contribution in [1.29, 1.82) is 0 Å². The molecule has 0 spiro atoms. The molecule has 1 rings (SSSR count). The molecule has 1 aromatic rings. The maximum atomic E-state index is 12.8. The summed E-state index contributed by atoms with van der Waals surface area (Å²) < 4.78 is 26.4. The van der Waals surface area contributed by atoms with Gasteiger partial charge < -0.3 is 10.0 Å². The van der Waals surface area contributed by atoms with Crippen molar-refractivity contribution in [3.8, 4) is 0 Å². The van der Waals surface area contributed by atoms with E-state index in [-0.39, 0.29) is 0 Å². The average molecular weight is 174 g/mol. The van der Waals surface area contributed by atoms with E-state index >= 15 is 0 Å². The van der Waals surface area contributed by atoms with Gasteiger partial charge in [0.2, 0.25) is 5.82 Å². The zero-order valence-corrected chi connectivity index (χ0v) is 6.33. The highest BCUT2D eigenvalue weighted by Crippen LogP contribution is 1.95. The standard InChI is InChI=1S/C6H7BF2NO2/c1-10-3-2-4(7(11)12)5(8)6(10)9/h2-3,11-12H,1H3/q+1. The lowest BCUT2D eigenvalue weighted by Crippen LogP contribution is -2.42. The van der Waals surface area contributed by atoms with Crippen molar-refractivity contribution >= 4 is 12.6 Å². The van der Waals surface area contributed by atoms with Crippen molar-refractivity contribution in [2.24, 2.45) is 7.05 Å². The fraction of sp³-hybridized carbons (Fsp3) is 0.167. The molecule has 0 saturated heterocycles. The normalized spacial score (nSPS) is 10.1. The average Bonchev–Trinajstić information content (AvgIpc) is 2.00. The highest BCUT2D eigenvalue weighted by Gasteiger charge is 2.24. The zero-order valence-electron chi connectivity index (χ0n) is 6.33. The Kier molecular flexibility index (Phi) is 2.39. The molecule has 0 atom stereocenters. The first-order chi connectivity index (χ1) is 5.54. The summed E-state index contributed by atoms with van der Waals surface area (Å²) in [5.41, 5.74) is -0.467. The second-order valence-corrected chi connectivity index (χ2v) is 2.36. The van der Waals surface area contributed by atoms with Gasteiger partial charge in [-0.2, -0.15) is 8.96 Å². The van der Waals surface area contributed by atoms with Crippen LogP contribution in [0.15, 0.2) is 12.3 Å². The molecule has 0 aliphatic heterocycles. The zero-order chi connectivity index (χ0) is 9.30. The van der Waals surface area contributed by atoms with Gasteiger partial charge in [0, 0.05) is 11.5 Å². The van der Waals surface area contributed by atoms with Gasteiger partial charge in [-0.3, -0.25) is 0 Å². The lowest BCUT2D eigenvalue weighted by atomic mass is 9.80. The Hall–Kier alpha value is -1.01. The van der Waals surface area contributed by atoms with Crippen LogP contribution in [0.4, 0.5) is 8.78 Å². The second-order valence-electron chi connectivity index (χ2n) is 2.36. The summed E-state index contributed by atoms with van der Waals surface area (Å²) in [6, 6.07) is 1.10. The summed E-state index contributed by atoms with van der Waals surface area (Å²) in [5.74, 6) is -2.37. The Morgan fingerprint density at radius 3 is 2.50 bits per heavy atom. The van der Waals surface area contributed by atoms with Crippen molar-refractivity contribution < 1.29 is 23.4 Å². The summed E-state index contributed by atoms with van der Waals surface area (Å²) in [7, 11) is -0.674. The molecule has 0 amide bonds. The Morgan fingerprint density at radius 2 is 2.00 bits per heavy atom. The van der Waals surface area contributed by atoms with Gasteiger partial charge >= 0.3 is 13.1 Å². The first-order valence-electron chi connectivity index (χ1n) is 3.23. The van der Waals surface area contributed by atoms with Crippen LogP contribution in [0, 0.1) is 11.8 Å². The van der Waals surface area contributed by atoms with E-state index in [9.17, 15) is 8.78 Å². The van der Waals surface area contributed by atoms with E-state index in [0.717, 1.165) is 10.6 Å². The number of halogens is 2. The molecule has 0 aliphatic rings. The predicted octanol–water partition coefficient (Wildman–Crippen LogP) is -1.53. The first kappa shape index (κ1) is 9.09. The molecule has 0 unspecified atom stereocenters. The molecule has 0 aromatic carbocycles. The maximum absolute atomic E-state index is 12.8. The Balaban J connectivity index is 3.27. The third-order valence-corrected chi connectivity index (χ3v) is 1.50. The molecule has 0 radical (unpaired) electrons. The van der Waals surface area contributed by atoms with Crippen molar-refractivity contribution in [2.45, 2.75) is 0 Å². The molecule has 1 heterocycles. The van der Waals surface area contributed by atoms with Crippen molar-refractivity contribution in [3.63, 3.8) is 0 Å². The molecule has 0 bridgehead atoms. The molecule has 3 nitrogen and oxygen atoms in total. The summed E-state index contributed by atoms with van der Waals surface area (Å²) in [4.78, 5) is 0. The molecule has 0 aliphatic carbocycles.